The predicted octanol–water partition coefficient (Wildman–Crippen LogP) is 4.34. The molecule has 0 saturated carbocycles. The van der Waals surface area contributed by atoms with Crippen LogP contribution in [-0.2, 0) is 0 Å². The van der Waals surface area contributed by atoms with Gasteiger partial charge in [0.15, 0.2) is 0 Å². The van der Waals surface area contributed by atoms with Crippen molar-refractivity contribution >= 4 is 0 Å². The molecule has 0 radical (unpaired) electrons. The molecule has 0 atom stereocenters. The molecule has 0 aliphatic heterocycles. The van der Waals surface area contributed by atoms with Crippen molar-refractivity contribution in [3.63, 3.8) is 0 Å². The first kappa shape index (κ1) is 13.1. The third kappa shape index (κ3) is 5.90. The Balaban J connectivity index is 0. The largest absolute Gasteiger partial charge is 0.0959 e. The minimum atomic E-state index is 1.14. The van der Waals surface area contributed by atoms with Crippen LogP contribution in [0.2, 0.25) is 0 Å². The van der Waals surface area contributed by atoms with Gasteiger partial charge in [0, 0.05) is 0 Å². The lowest BCUT2D eigenvalue weighted by Gasteiger charge is -2.02. The molecule has 0 fully saturated rings. The predicted molar refractivity (Wildman–Crippen MR) is 54.8 cm³/mol. The second-order valence-electron chi connectivity index (χ2n) is 2.54. The lowest BCUT2D eigenvalue weighted by Crippen LogP contribution is -1.82. The Morgan fingerprint density at radius 2 is 1.45 bits per heavy atom. The second-order valence-corrected chi connectivity index (χ2v) is 2.54. The van der Waals surface area contributed by atoms with Crippen molar-refractivity contribution in [2.45, 2.75) is 48.0 Å². The highest BCUT2D eigenvalue weighted by Crippen LogP contribution is 2.13. The van der Waals surface area contributed by atoms with Gasteiger partial charge in [-0.1, -0.05) is 38.5 Å². The van der Waals surface area contributed by atoms with Crippen molar-refractivity contribution in [3.05, 3.63) is 23.3 Å². The Labute approximate surface area is 72.0 Å². The zero-order valence-corrected chi connectivity index (χ0v) is 8.91. The molecule has 66 valence electrons. The number of allylic oxidation sites excluding steroid dienone is 3. The smallest absolute Gasteiger partial charge is 0.0346 e. The molecule has 11 heavy (non-hydrogen) atoms. The van der Waals surface area contributed by atoms with Crippen LogP contribution in [0.25, 0.3) is 0 Å². The molecular weight excluding hydrogens is 132 g/mol. The van der Waals surface area contributed by atoms with E-state index in [2.05, 4.69) is 34.3 Å². The van der Waals surface area contributed by atoms with Crippen molar-refractivity contribution in [1.82, 2.24) is 0 Å². The molecule has 0 nitrogen and oxygen atoms in total. The third-order valence-electron chi connectivity index (χ3n) is 1.81. The summed E-state index contributed by atoms with van der Waals surface area (Å²) in [5.74, 6) is 0. The zero-order valence-electron chi connectivity index (χ0n) is 8.91. The van der Waals surface area contributed by atoms with Gasteiger partial charge in [-0.25, -0.2) is 0 Å². The van der Waals surface area contributed by atoms with Crippen molar-refractivity contribution in [2.24, 2.45) is 0 Å². The van der Waals surface area contributed by atoms with Gasteiger partial charge < -0.3 is 0 Å². The molecular formula is C11H22. The van der Waals surface area contributed by atoms with E-state index in [0.29, 0.717) is 0 Å². The Bertz CT molecular complexity index is 138. The highest BCUT2D eigenvalue weighted by atomic mass is 14.0. The van der Waals surface area contributed by atoms with Crippen LogP contribution < -0.4 is 0 Å². The average molecular weight is 154 g/mol. The van der Waals surface area contributed by atoms with Gasteiger partial charge in [-0.15, -0.1) is 0 Å². The number of rotatable bonds is 2. The molecule has 0 aromatic carbocycles. The van der Waals surface area contributed by atoms with Gasteiger partial charge in [-0.05, 0) is 32.8 Å². The maximum Gasteiger partial charge on any atom is -0.0346 e. The minimum Gasteiger partial charge on any atom is -0.0959 e. The van der Waals surface area contributed by atoms with Crippen molar-refractivity contribution < 1.29 is 0 Å². The van der Waals surface area contributed by atoms with E-state index in [4.69, 9.17) is 0 Å². The van der Waals surface area contributed by atoms with Crippen LogP contribution in [0.3, 0.4) is 0 Å². The fourth-order valence-electron chi connectivity index (χ4n) is 0.629. The van der Waals surface area contributed by atoms with Crippen LogP contribution in [0, 0.1) is 0 Å². The molecule has 0 rings (SSSR count). The summed E-state index contributed by atoms with van der Waals surface area (Å²) in [7, 11) is 0. The first-order chi connectivity index (χ1) is 5.09. The SMILES string of the molecule is C=C(C)/C(C)=C(/C)CC.CC. The minimum absolute atomic E-state index is 1.14. The summed E-state index contributed by atoms with van der Waals surface area (Å²) in [6.07, 6.45) is 1.14. The molecule has 0 heteroatoms. The Kier molecular flexibility index (Phi) is 9.03. The van der Waals surface area contributed by atoms with Gasteiger partial charge in [-0.3, -0.25) is 0 Å². The van der Waals surface area contributed by atoms with Gasteiger partial charge in [0.25, 0.3) is 0 Å². The highest BCUT2D eigenvalue weighted by Gasteiger charge is 1.92. The van der Waals surface area contributed by atoms with Gasteiger partial charge in [0.05, 0.1) is 0 Å². The molecule has 0 aromatic rings. The van der Waals surface area contributed by atoms with E-state index in [1.165, 1.54) is 16.7 Å². The summed E-state index contributed by atoms with van der Waals surface area (Å²) in [6.45, 7) is 16.4. The third-order valence-corrected chi connectivity index (χ3v) is 1.81. The molecule has 0 bridgehead atoms. The summed E-state index contributed by atoms with van der Waals surface area (Å²) >= 11 is 0. The quantitative estimate of drug-likeness (QED) is 0.519. The second kappa shape index (κ2) is 7.59. The molecule has 0 spiro atoms. The van der Waals surface area contributed by atoms with Crippen molar-refractivity contribution in [3.8, 4) is 0 Å². The van der Waals surface area contributed by atoms with Crippen LogP contribution in [0.4, 0.5) is 0 Å². The highest BCUT2D eigenvalue weighted by molar-refractivity contribution is 5.28. The van der Waals surface area contributed by atoms with E-state index in [1.807, 2.05) is 13.8 Å². The zero-order chi connectivity index (χ0) is 9.44. The maximum absolute atomic E-state index is 3.87. The number of hydrogen-bond acceptors (Lipinski definition) is 0. The van der Waals surface area contributed by atoms with Crippen molar-refractivity contribution in [1.29, 1.82) is 0 Å². The monoisotopic (exact) mass is 154 g/mol. The summed E-state index contributed by atoms with van der Waals surface area (Å²) in [5.41, 5.74) is 3.99. The van der Waals surface area contributed by atoms with E-state index in [1.54, 1.807) is 0 Å². The van der Waals surface area contributed by atoms with Crippen LogP contribution in [0.5, 0.6) is 0 Å². The summed E-state index contributed by atoms with van der Waals surface area (Å²) in [6, 6.07) is 0. The van der Waals surface area contributed by atoms with E-state index in [9.17, 15) is 0 Å². The fraction of sp³-hybridized carbons (Fsp3) is 0.636. The lowest BCUT2D eigenvalue weighted by molar-refractivity contribution is 1.06. The summed E-state index contributed by atoms with van der Waals surface area (Å²) in [5, 5.41) is 0. The molecule has 0 saturated heterocycles. The Morgan fingerprint density at radius 3 is 1.55 bits per heavy atom. The van der Waals surface area contributed by atoms with Crippen LogP contribution in [0.15, 0.2) is 23.3 Å². The van der Waals surface area contributed by atoms with E-state index in [0.717, 1.165) is 6.42 Å². The normalized spacial score (nSPS) is 11.1. The van der Waals surface area contributed by atoms with Gasteiger partial charge in [-0.2, -0.15) is 0 Å². The number of hydrogen-bond donors (Lipinski definition) is 0. The van der Waals surface area contributed by atoms with Gasteiger partial charge in [0.2, 0.25) is 0 Å². The first-order valence-corrected chi connectivity index (χ1v) is 4.41. The molecule has 0 aromatic heterocycles. The first-order valence-electron chi connectivity index (χ1n) is 4.41. The molecule has 0 aliphatic rings. The van der Waals surface area contributed by atoms with E-state index in [-0.39, 0.29) is 0 Å². The fourth-order valence-corrected chi connectivity index (χ4v) is 0.629. The Hall–Kier alpha value is -0.520. The lowest BCUT2D eigenvalue weighted by atomic mass is 10.0. The summed E-state index contributed by atoms with van der Waals surface area (Å²) < 4.78 is 0. The van der Waals surface area contributed by atoms with Gasteiger partial charge >= 0.3 is 0 Å². The molecule has 0 amide bonds. The standard InChI is InChI=1S/C9H16.C2H6/c1-6-8(4)9(5)7(2)3;1-2/h2,6H2,1,3-5H3;1-2H3/b9-8-;. The van der Waals surface area contributed by atoms with Crippen LogP contribution in [-0.4, -0.2) is 0 Å². The Morgan fingerprint density at radius 1 is 1.09 bits per heavy atom. The van der Waals surface area contributed by atoms with E-state index >= 15 is 0 Å². The van der Waals surface area contributed by atoms with Crippen LogP contribution >= 0.6 is 0 Å². The molecule has 0 N–H and O–H groups in total. The maximum atomic E-state index is 3.87. The topological polar surface area (TPSA) is 0 Å². The van der Waals surface area contributed by atoms with Crippen LogP contribution in [0.1, 0.15) is 48.0 Å². The molecule has 0 heterocycles. The van der Waals surface area contributed by atoms with Crippen molar-refractivity contribution in [2.75, 3.05) is 0 Å². The molecule has 0 unspecified atom stereocenters. The summed E-state index contributed by atoms with van der Waals surface area (Å²) in [4.78, 5) is 0. The molecule has 0 aliphatic carbocycles. The van der Waals surface area contributed by atoms with E-state index < -0.39 is 0 Å². The average Bonchev–Trinajstić information content (AvgIpc) is 2.05. The van der Waals surface area contributed by atoms with Gasteiger partial charge in [0.1, 0.15) is 0 Å².